The van der Waals surface area contributed by atoms with Crippen molar-refractivity contribution in [2.75, 3.05) is 13.2 Å². The highest BCUT2D eigenvalue weighted by molar-refractivity contribution is 5.88. The highest BCUT2D eigenvalue weighted by Gasteiger charge is 2.47. The SMILES string of the molecule is CC1[C@H](Oc2c(-c3ccc(O)cc3)oc3cc(O)cc(O)c3c2=O)OC(CO[C@@H]2OC(CO)[C@@H](O)[C@@H](O)C2O)[C@@H](O)[C@H]1O. The Morgan fingerprint density at radius 2 is 1.44 bits per heavy atom. The zero-order valence-corrected chi connectivity index (χ0v) is 22.6. The van der Waals surface area contributed by atoms with Gasteiger partial charge in [-0.05, 0) is 24.3 Å². The van der Waals surface area contributed by atoms with Crippen LogP contribution >= 0.6 is 0 Å². The van der Waals surface area contributed by atoms with Crippen molar-refractivity contribution in [1.82, 2.24) is 0 Å². The zero-order chi connectivity index (χ0) is 31.2. The summed E-state index contributed by atoms with van der Waals surface area (Å²) in [7, 11) is 0. The molecule has 0 amide bonds. The summed E-state index contributed by atoms with van der Waals surface area (Å²) in [5.41, 5.74) is -0.759. The third-order valence-corrected chi connectivity index (χ3v) is 7.56. The zero-order valence-electron chi connectivity index (χ0n) is 22.6. The fourth-order valence-corrected chi connectivity index (χ4v) is 5.03. The van der Waals surface area contributed by atoms with Gasteiger partial charge in [-0.15, -0.1) is 0 Å². The first kappa shape index (κ1) is 30.9. The molecule has 0 radical (unpaired) electrons. The lowest BCUT2D eigenvalue weighted by Crippen LogP contribution is -2.60. The molecule has 2 saturated heterocycles. The van der Waals surface area contributed by atoms with Gasteiger partial charge < -0.3 is 69.3 Å². The molecule has 5 rings (SSSR count). The highest BCUT2D eigenvalue weighted by Crippen LogP contribution is 2.38. The number of hydrogen-bond donors (Lipinski definition) is 9. The monoisotopic (exact) mass is 608 g/mol. The summed E-state index contributed by atoms with van der Waals surface area (Å²) < 4.78 is 28.5. The Hall–Kier alpha value is -3.51. The average molecular weight is 609 g/mol. The summed E-state index contributed by atoms with van der Waals surface area (Å²) in [5, 5.41) is 90.9. The summed E-state index contributed by atoms with van der Waals surface area (Å²) in [6.07, 6.45) is -13.6. The molecule has 43 heavy (non-hydrogen) atoms. The number of fused-ring (bicyclic) bond motifs is 1. The Morgan fingerprint density at radius 1 is 0.791 bits per heavy atom. The third-order valence-electron chi connectivity index (χ3n) is 7.56. The number of aliphatic hydroxyl groups excluding tert-OH is 6. The molecular formula is C28H32O15. The molecule has 3 aromatic rings. The summed E-state index contributed by atoms with van der Waals surface area (Å²) in [6.45, 7) is 0.253. The van der Waals surface area contributed by atoms with Crippen LogP contribution in [-0.4, -0.2) is 114 Å². The van der Waals surface area contributed by atoms with Crippen molar-refractivity contribution in [3.8, 4) is 34.3 Å². The van der Waals surface area contributed by atoms with Crippen LogP contribution in [-0.2, 0) is 14.2 Å². The van der Waals surface area contributed by atoms with Gasteiger partial charge in [-0.25, -0.2) is 0 Å². The Bertz CT molecular complexity index is 1490. The quantitative estimate of drug-likeness (QED) is 0.154. The maximum atomic E-state index is 13.6. The van der Waals surface area contributed by atoms with Crippen LogP contribution in [0.2, 0.25) is 0 Å². The van der Waals surface area contributed by atoms with E-state index in [-0.39, 0.29) is 33.8 Å². The molecule has 0 saturated carbocycles. The van der Waals surface area contributed by atoms with Crippen LogP contribution in [0.1, 0.15) is 6.92 Å². The first-order chi connectivity index (χ1) is 20.4. The van der Waals surface area contributed by atoms with E-state index in [1.807, 2.05) is 0 Å². The average Bonchev–Trinajstić information content (AvgIpc) is 2.97. The smallest absolute Gasteiger partial charge is 0.239 e. The summed E-state index contributed by atoms with van der Waals surface area (Å²) in [6, 6.07) is 7.57. The molecule has 0 spiro atoms. The Labute approximate surface area is 242 Å². The number of aromatic hydroxyl groups is 3. The molecule has 2 fully saturated rings. The lowest BCUT2D eigenvalue weighted by atomic mass is 9.92. The summed E-state index contributed by atoms with van der Waals surface area (Å²) in [5.74, 6) is -2.60. The number of hydrogen-bond acceptors (Lipinski definition) is 15. The topological polar surface area (TPSA) is 249 Å². The standard InChI is InChI=1S/C28H32O15/c1-10-19(33)21(35)17(9-39-28-24(38)23(37)20(34)16(8-29)41-28)42-27(10)43-26-22(36)18-14(32)6-13(31)7-15(18)40-25(26)11-2-4-12(30)5-3-11/h2-7,10,16-17,19-21,23-24,27-35,37-38H,8-9H2,1H3/t10?,16?,17?,19-,20+,21+,23+,24?,27-,28+/m0/s1. The maximum Gasteiger partial charge on any atom is 0.239 e. The second-order valence-electron chi connectivity index (χ2n) is 10.5. The van der Waals surface area contributed by atoms with Gasteiger partial charge in [0.25, 0.3) is 0 Å². The minimum Gasteiger partial charge on any atom is -0.508 e. The Balaban J connectivity index is 1.45. The number of rotatable bonds is 7. The molecule has 2 aliphatic rings. The fraction of sp³-hybridized carbons (Fsp3) is 0.464. The second-order valence-corrected chi connectivity index (χ2v) is 10.5. The second kappa shape index (κ2) is 12.2. The van der Waals surface area contributed by atoms with Gasteiger partial charge in [0.05, 0.1) is 19.3 Å². The van der Waals surface area contributed by atoms with Crippen LogP contribution in [0.4, 0.5) is 0 Å². The molecule has 0 aliphatic carbocycles. The van der Waals surface area contributed by atoms with Crippen molar-refractivity contribution < 1.29 is 69.3 Å². The third kappa shape index (κ3) is 5.86. The predicted octanol–water partition coefficient (Wildman–Crippen LogP) is -1.15. The minimum absolute atomic E-state index is 0.0757. The van der Waals surface area contributed by atoms with Crippen LogP contribution in [0.15, 0.2) is 45.6 Å². The molecule has 0 bridgehead atoms. The number of phenols is 3. The first-order valence-electron chi connectivity index (χ1n) is 13.3. The molecule has 15 nitrogen and oxygen atoms in total. The molecular weight excluding hydrogens is 576 g/mol. The highest BCUT2D eigenvalue weighted by atomic mass is 16.7. The Morgan fingerprint density at radius 3 is 2.12 bits per heavy atom. The van der Waals surface area contributed by atoms with Crippen LogP contribution < -0.4 is 10.2 Å². The minimum atomic E-state index is -1.73. The van der Waals surface area contributed by atoms with Crippen molar-refractivity contribution in [1.29, 1.82) is 0 Å². The molecule has 10 atom stereocenters. The molecule has 15 heteroatoms. The number of phenolic OH excluding ortho intramolecular Hbond substituents is 3. The van der Waals surface area contributed by atoms with Gasteiger partial charge in [0.2, 0.25) is 17.5 Å². The van der Waals surface area contributed by atoms with Crippen LogP contribution in [0, 0.1) is 5.92 Å². The van der Waals surface area contributed by atoms with E-state index in [0.717, 1.165) is 12.1 Å². The van der Waals surface area contributed by atoms with Crippen LogP contribution in [0.3, 0.4) is 0 Å². The predicted molar refractivity (Wildman–Crippen MR) is 143 cm³/mol. The first-order valence-corrected chi connectivity index (χ1v) is 13.3. The number of benzene rings is 2. The molecule has 234 valence electrons. The summed E-state index contributed by atoms with van der Waals surface area (Å²) in [4.78, 5) is 13.6. The van der Waals surface area contributed by atoms with E-state index in [0.29, 0.717) is 0 Å². The molecule has 1 aromatic heterocycles. The van der Waals surface area contributed by atoms with E-state index in [1.54, 1.807) is 0 Å². The van der Waals surface area contributed by atoms with E-state index in [1.165, 1.54) is 31.2 Å². The van der Waals surface area contributed by atoms with Crippen LogP contribution in [0.5, 0.6) is 23.0 Å². The molecule has 2 aromatic carbocycles. The Kier molecular flexibility index (Phi) is 8.80. The number of aliphatic hydroxyl groups is 6. The van der Waals surface area contributed by atoms with Crippen molar-refractivity contribution in [3.63, 3.8) is 0 Å². The summed E-state index contributed by atoms with van der Waals surface area (Å²) >= 11 is 0. The van der Waals surface area contributed by atoms with Crippen molar-refractivity contribution >= 4 is 11.0 Å². The molecule has 3 heterocycles. The maximum absolute atomic E-state index is 13.6. The van der Waals surface area contributed by atoms with Crippen molar-refractivity contribution in [3.05, 3.63) is 46.6 Å². The van der Waals surface area contributed by atoms with Gasteiger partial charge in [0.15, 0.2) is 12.1 Å². The van der Waals surface area contributed by atoms with Gasteiger partial charge in [-0.2, -0.15) is 0 Å². The number of ether oxygens (including phenoxy) is 4. The van der Waals surface area contributed by atoms with E-state index >= 15 is 0 Å². The molecule has 9 N–H and O–H groups in total. The van der Waals surface area contributed by atoms with Gasteiger partial charge in [-0.3, -0.25) is 4.79 Å². The normalized spacial score (nSPS) is 33.0. The largest absolute Gasteiger partial charge is 0.508 e. The van der Waals surface area contributed by atoms with E-state index in [4.69, 9.17) is 23.4 Å². The van der Waals surface area contributed by atoms with Gasteiger partial charge in [0, 0.05) is 23.6 Å². The molecule has 2 aliphatic heterocycles. The molecule has 4 unspecified atom stereocenters. The lowest BCUT2D eigenvalue weighted by Gasteiger charge is -2.43. The van der Waals surface area contributed by atoms with Gasteiger partial charge >= 0.3 is 0 Å². The van der Waals surface area contributed by atoms with Gasteiger partial charge in [0.1, 0.15) is 64.8 Å². The van der Waals surface area contributed by atoms with Crippen LogP contribution in [0.25, 0.3) is 22.3 Å². The van der Waals surface area contributed by atoms with E-state index < -0.39 is 91.4 Å². The van der Waals surface area contributed by atoms with Crippen molar-refractivity contribution in [2.24, 2.45) is 5.92 Å². The van der Waals surface area contributed by atoms with Crippen molar-refractivity contribution in [2.45, 2.75) is 62.2 Å². The van der Waals surface area contributed by atoms with E-state index in [2.05, 4.69) is 0 Å². The van der Waals surface area contributed by atoms with E-state index in [9.17, 15) is 50.8 Å². The lowest BCUT2D eigenvalue weighted by molar-refractivity contribution is -0.319. The van der Waals surface area contributed by atoms with Gasteiger partial charge in [-0.1, -0.05) is 6.92 Å². The fourth-order valence-electron chi connectivity index (χ4n) is 5.03.